The number of nitrogen functional groups attached to an aromatic ring is 1. The fraction of sp³-hybridized carbons (Fsp3) is 0.545. The zero-order valence-electron chi connectivity index (χ0n) is 11.2. The number of carbonyl (C=O) groups excluding carboxylic acids is 1. The van der Waals surface area contributed by atoms with Crippen molar-refractivity contribution in [3.05, 3.63) is 11.9 Å². The van der Waals surface area contributed by atoms with Gasteiger partial charge in [-0.05, 0) is 6.42 Å². The van der Waals surface area contributed by atoms with Crippen LogP contribution in [0.3, 0.4) is 0 Å². The molecule has 0 bridgehead atoms. The molecule has 0 aliphatic carbocycles. The Balaban J connectivity index is 2.22. The summed E-state index contributed by atoms with van der Waals surface area (Å²) in [5.74, 6) is 3.72. The van der Waals surface area contributed by atoms with Gasteiger partial charge >= 0.3 is 6.18 Å². The largest absolute Gasteiger partial charge is 0.451 e. The number of hydrogen-bond donors (Lipinski definition) is 3. The number of rotatable bonds is 3. The van der Waals surface area contributed by atoms with Crippen molar-refractivity contribution in [2.45, 2.75) is 25.6 Å². The van der Waals surface area contributed by atoms with Gasteiger partial charge in [-0.2, -0.15) is 13.2 Å². The Morgan fingerprint density at radius 1 is 1.48 bits per heavy atom. The molecule has 7 nitrogen and oxygen atoms in total. The second-order valence-corrected chi connectivity index (χ2v) is 4.71. The minimum Gasteiger partial charge on any atom is -0.354 e. The lowest BCUT2D eigenvalue weighted by molar-refractivity contribution is -0.144. The summed E-state index contributed by atoms with van der Waals surface area (Å²) in [6, 6.07) is 1.23. The maximum Gasteiger partial charge on any atom is 0.451 e. The summed E-state index contributed by atoms with van der Waals surface area (Å²) in [6.07, 6.45) is -4.02. The van der Waals surface area contributed by atoms with E-state index in [4.69, 9.17) is 5.84 Å². The van der Waals surface area contributed by atoms with Gasteiger partial charge in [0.2, 0.25) is 11.7 Å². The van der Waals surface area contributed by atoms with Gasteiger partial charge in [-0.3, -0.25) is 4.79 Å². The van der Waals surface area contributed by atoms with Crippen molar-refractivity contribution < 1.29 is 18.0 Å². The topological polar surface area (TPSA) is 96.2 Å². The van der Waals surface area contributed by atoms with E-state index in [0.29, 0.717) is 19.5 Å². The van der Waals surface area contributed by atoms with Gasteiger partial charge in [0.05, 0.1) is 0 Å². The predicted octanol–water partition coefficient (Wildman–Crippen LogP) is 0.496. The third kappa shape index (κ3) is 3.72. The highest BCUT2D eigenvalue weighted by Gasteiger charge is 2.36. The molecule has 1 aliphatic heterocycles. The van der Waals surface area contributed by atoms with Gasteiger partial charge in [0.15, 0.2) is 0 Å². The van der Waals surface area contributed by atoms with Crippen molar-refractivity contribution >= 4 is 17.5 Å². The van der Waals surface area contributed by atoms with Crippen LogP contribution in [0.5, 0.6) is 0 Å². The zero-order chi connectivity index (χ0) is 15.6. The normalized spacial score (nSPS) is 18.7. The first-order valence-corrected chi connectivity index (χ1v) is 6.24. The molecular formula is C11H15F3N6O. The molecule has 2 rings (SSSR count). The number of nitrogens with zero attached hydrogens (tertiary/aromatic N) is 3. The predicted molar refractivity (Wildman–Crippen MR) is 69.3 cm³/mol. The standard InChI is InChI=1S/C11H15F3N6O/c1-6(21)16-7-2-3-20(5-7)9-4-8(19-15)17-10(18-9)11(12,13)14/h4,7H,2-3,5,15H2,1H3,(H,16,21)(H,17,18,19). The van der Waals surface area contributed by atoms with E-state index in [2.05, 4.69) is 20.7 Å². The molecule has 116 valence electrons. The molecule has 4 N–H and O–H groups in total. The molecule has 1 amide bonds. The van der Waals surface area contributed by atoms with Crippen LogP contribution in [0.4, 0.5) is 24.8 Å². The van der Waals surface area contributed by atoms with Crippen molar-refractivity contribution in [3.8, 4) is 0 Å². The quantitative estimate of drug-likeness (QED) is 0.556. The molecule has 1 saturated heterocycles. The molecule has 10 heteroatoms. The highest BCUT2D eigenvalue weighted by atomic mass is 19.4. The van der Waals surface area contributed by atoms with Crippen molar-refractivity contribution in [1.82, 2.24) is 15.3 Å². The molecule has 21 heavy (non-hydrogen) atoms. The number of nitrogens with one attached hydrogen (secondary N) is 2. The molecule has 0 saturated carbocycles. The average Bonchev–Trinajstić information content (AvgIpc) is 2.84. The van der Waals surface area contributed by atoms with Gasteiger partial charge in [-0.1, -0.05) is 0 Å². The van der Waals surface area contributed by atoms with Crippen LogP contribution in [0.1, 0.15) is 19.2 Å². The first kappa shape index (κ1) is 15.3. The number of hydrogen-bond acceptors (Lipinski definition) is 6. The Morgan fingerprint density at radius 2 is 2.19 bits per heavy atom. The van der Waals surface area contributed by atoms with E-state index in [1.165, 1.54) is 13.0 Å². The number of hydrazine groups is 1. The minimum absolute atomic E-state index is 0.110. The van der Waals surface area contributed by atoms with Crippen LogP contribution in [0.25, 0.3) is 0 Å². The van der Waals surface area contributed by atoms with Crippen LogP contribution in [-0.4, -0.2) is 35.0 Å². The van der Waals surface area contributed by atoms with Crippen LogP contribution in [0.15, 0.2) is 6.07 Å². The lowest BCUT2D eigenvalue weighted by Crippen LogP contribution is -2.35. The van der Waals surface area contributed by atoms with Crippen molar-refractivity contribution in [3.63, 3.8) is 0 Å². The third-order valence-electron chi connectivity index (χ3n) is 3.03. The molecule has 1 aliphatic rings. The number of nitrogens with two attached hydrogens (primary N) is 1. The lowest BCUT2D eigenvalue weighted by atomic mass is 10.3. The Morgan fingerprint density at radius 3 is 2.76 bits per heavy atom. The summed E-state index contributed by atoms with van der Waals surface area (Å²) in [6.45, 7) is 2.27. The molecule has 1 unspecified atom stereocenters. The number of alkyl halides is 3. The fourth-order valence-electron chi connectivity index (χ4n) is 2.17. The zero-order valence-corrected chi connectivity index (χ0v) is 11.2. The Bertz CT molecular complexity index is 535. The molecule has 1 fully saturated rings. The van der Waals surface area contributed by atoms with Gasteiger partial charge < -0.3 is 15.6 Å². The van der Waals surface area contributed by atoms with Gasteiger partial charge in [0, 0.05) is 32.1 Å². The van der Waals surface area contributed by atoms with E-state index in [1.807, 2.05) is 0 Å². The van der Waals surface area contributed by atoms with Gasteiger partial charge in [-0.15, -0.1) is 0 Å². The molecule has 1 atom stereocenters. The Hall–Kier alpha value is -2.10. The van der Waals surface area contributed by atoms with Gasteiger partial charge in [0.25, 0.3) is 0 Å². The first-order chi connectivity index (χ1) is 9.79. The van der Waals surface area contributed by atoms with E-state index in [1.54, 1.807) is 4.90 Å². The third-order valence-corrected chi connectivity index (χ3v) is 3.03. The molecule has 0 radical (unpaired) electrons. The van der Waals surface area contributed by atoms with Crippen molar-refractivity contribution in [1.29, 1.82) is 0 Å². The molecule has 0 aromatic carbocycles. The van der Waals surface area contributed by atoms with Crippen molar-refractivity contribution in [2.75, 3.05) is 23.4 Å². The summed E-state index contributed by atoms with van der Waals surface area (Å²) in [4.78, 5) is 19.5. The second kappa shape index (κ2) is 5.72. The van der Waals surface area contributed by atoms with Crippen LogP contribution in [0.2, 0.25) is 0 Å². The Kier molecular flexibility index (Phi) is 4.16. The fourth-order valence-corrected chi connectivity index (χ4v) is 2.17. The summed E-state index contributed by atoms with van der Waals surface area (Å²) < 4.78 is 38.3. The maximum absolute atomic E-state index is 12.8. The smallest absolute Gasteiger partial charge is 0.354 e. The highest BCUT2D eigenvalue weighted by molar-refractivity contribution is 5.73. The number of halogens is 3. The molecule has 1 aromatic rings. The summed E-state index contributed by atoms with van der Waals surface area (Å²) >= 11 is 0. The SMILES string of the molecule is CC(=O)NC1CCN(c2cc(NN)nc(C(F)(F)F)n2)C1. The van der Waals surface area contributed by atoms with E-state index in [9.17, 15) is 18.0 Å². The first-order valence-electron chi connectivity index (χ1n) is 6.24. The number of anilines is 2. The Labute approximate surface area is 118 Å². The molecule has 0 spiro atoms. The van der Waals surface area contributed by atoms with Crippen molar-refractivity contribution in [2.24, 2.45) is 5.84 Å². The second-order valence-electron chi connectivity index (χ2n) is 4.71. The minimum atomic E-state index is -4.65. The summed E-state index contributed by atoms with van der Waals surface area (Å²) in [5, 5.41) is 2.73. The van der Waals surface area contributed by atoms with Crippen LogP contribution < -0.4 is 21.5 Å². The summed E-state index contributed by atoms with van der Waals surface area (Å²) in [7, 11) is 0. The molecular weight excluding hydrogens is 289 g/mol. The number of amides is 1. The molecule has 2 heterocycles. The lowest BCUT2D eigenvalue weighted by Gasteiger charge is -2.19. The van der Waals surface area contributed by atoms with Gasteiger partial charge in [0.1, 0.15) is 11.6 Å². The number of carbonyl (C=O) groups is 1. The monoisotopic (exact) mass is 304 g/mol. The van der Waals surface area contributed by atoms with E-state index in [-0.39, 0.29) is 23.6 Å². The van der Waals surface area contributed by atoms with Gasteiger partial charge in [-0.25, -0.2) is 15.8 Å². The van der Waals surface area contributed by atoms with Crippen LogP contribution >= 0.6 is 0 Å². The number of aromatic nitrogens is 2. The molecule has 1 aromatic heterocycles. The van der Waals surface area contributed by atoms with E-state index >= 15 is 0 Å². The highest BCUT2D eigenvalue weighted by Crippen LogP contribution is 2.30. The summed E-state index contributed by atoms with van der Waals surface area (Å²) in [5.41, 5.74) is 2.10. The average molecular weight is 304 g/mol. The maximum atomic E-state index is 12.8. The van der Waals surface area contributed by atoms with E-state index in [0.717, 1.165) is 0 Å². The van der Waals surface area contributed by atoms with E-state index < -0.39 is 12.0 Å². The van der Waals surface area contributed by atoms with Crippen LogP contribution in [0, 0.1) is 0 Å². The van der Waals surface area contributed by atoms with Crippen LogP contribution in [-0.2, 0) is 11.0 Å².